The van der Waals surface area contributed by atoms with Gasteiger partial charge >= 0.3 is 0 Å². The molecule has 2 aliphatic heterocycles. The number of likely N-dealkylation sites (tertiary alicyclic amines) is 1. The Labute approximate surface area is 218 Å². The van der Waals surface area contributed by atoms with Crippen LogP contribution in [0.4, 0.5) is 0 Å². The number of aliphatic hydroxyl groups is 1. The molecule has 4 nitrogen and oxygen atoms in total. The van der Waals surface area contributed by atoms with Gasteiger partial charge in [-0.05, 0) is 131 Å². The number of hydrogen-bond donors (Lipinski definition) is 2. The zero-order valence-electron chi connectivity index (χ0n) is 18.9. The second-order valence-electron chi connectivity index (χ2n) is 9.89. The Kier molecular flexibility index (Phi) is 7.80. The smallest absolute Gasteiger partial charge is 0.107 e. The van der Waals surface area contributed by atoms with Crippen molar-refractivity contribution in [3.05, 3.63) is 60.7 Å². The van der Waals surface area contributed by atoms with Gasteiger partial charge in [-0.3, -0.25) is 9.88 Å². The third-order valence-electron chi connectivity index (χ3n) is 7.94. The number of pyridine rings is 1. The van der Waals surface area contributed by atoms with Crippen LogP contribution in [-0.4, -0.2) is 47.4 Å². The van der Waals surface area contributed by atoms with E-state index in [1.165, 1.54) is 35.2 Å². The zero-order chi connectivity index (χ0) is 22.9. The summed E-state index contributed by atoms with van der Waals surface area (Å²) in [5.41, 5.74) is 5.25. The van der Waals surface area contributed by atoms with Crippen molar-refractivity contribution in [3.63, 3.8) is 0 Å². The Morgan fingerprint density at radius 3 is 2.64 bits per heavy atom. The number of aliphatic hydroxyl groups excluding tert-OH is 1. The normalized spacial score (nSPS) is 23.6. The number of nitrogens with zero attached hydrogens (tertiary/aromatic N) is 2. The van der Waals surface area contributed by atoms with Gasteiger partial charge in [0.25, 0.3) is 0 Å². The van der Waals surface area contributed by atoms with Crippen molar-refractivity contribution in [1.82, 2.24) is 15.2 Å². The number of rotatable bonds is 4. The van der Waals surface area contributed by atoms with E-state index in [-0.39, 0.29) is 12.1 Å². The Morgan fingerprint density at radius 2 is 1.88 bits per heavy atom. The van der Waals surface area contributed by atoms with Crippen LogP contribution in [0.15, 0.2) is 33.3 Å². The molecule has 0 saturated carbocycles. The van der Waals surface area contributed by atoms with Gasteiger partial charge in [0.15, 0.2) is 0 Å². The third-order valence-corrected chi connectivity index (χ3v) is 9.83. The van der Waals surface area contributed by atoms with Gasteiger partial charge in [0.2, 0.25) is 0 Å². The maximum atomic E-state index is 10.9. The first kappa shape index (κ1) is 24.2. The second-order valence-corrected chi connectivity index (χ2v) is 12.0. The number of benzene rings is 1. The molecule has 1 aromatic carbocycles. The molecule has 3 heterocycles. The quantitative estimate of drug-likeness (QED) is 0.460. The fourth-order valence-electron chi connectivity index (χ4n) is 6.12. The third kappa shape index (κ3) is 5.22. The second kappa shape index (κ2) is 10.6. The highest BCUT2D eigenvalue weighted by molar-refractivity contribution is 9.10. The summed E-state index contributed by atoms with van der Waals surface area (Å²) in [7, 11) is 0. The van der Waals surface area contributed by atoms with Crippen molar-refractivity contribution >= 4 is 43.5 Å². The van der Waals surface area contributed by atoms with Gasteiger partial charge in [-0.25, -0.2) is 0 Å². The van der Waals surface area contributed by atoms with Crippen molar-refractivity contribution in [1.29, 1.82) is 0 Å². The number of aromatic nitrogens is 1. The molecule has 2 N–H and O–H groups in total. The van der Waals surface area contributed by atoms with Crippen LogP contribution in [0.3, 0.4) is 0 Å². The maximum absolute atomic E-state index is 10.9. The number of fused-ring (bicyclic) bond motifs is 2. The fraction of sp³-hybridized carbons (Fsp3) is 0.577. The molecule has 2 atom stereocenters. The molecule has 2 saturated heterocycles. The summed E-state index contributed by atoms with van der Waals surface area (Å²) in [4.78, 5) is 7.26. The molecular weight excluding hydrogens is 566 g/mol. The van der Waals surface area contributed by atoms with E-state index in [4.69, 9.17) is 16.6 Å². The van der Waals surface area contributed by atoms with Crippen LogP contribution in [0.25, 0.3) is 0 Å². The first-order chi connectivity index (χ1) is 16.0. The highest BCUT2D eigenvalue weighted by atomic mass is 79.9. The van der Waals surface area contributed by atoms with Gasteiger partial charge in [0.1, 0.15) is 6.23 Å². The van der Waals surface area contributed by atoms with Gasteiger partial charge in [-0.2, -0.15) is 0 Å². The average molecular weight is 598 g/mol. The SMILES string of the molecule is OC(CC1CCNCC1)N1CCC([C@H]2c3ccc(Cl)c(Br)c3CCc3cc(Br)cnc32)CC1. The molecular formula is C26H32Br2ClN3O. The molecule has 2 fully saturated rings. The number of hydrogen-bond acceptors (Lipinski definition) is 4. The molecule has 0 radical (unpaired) electrons. The fourth-order valence-corrected chi connectivity index (χ4v) is 7.24. The molecule has 1 unspecified atom stereocenters. The van der Waals surface area contributed by atoms with E-state index >= 15 is 0 Å². The Bertz CT molecular complexity index is 990. The lowest BCUT2D eigenvalue weighted by molar-refractivity contribution is -0.0351. The van der Waals surface area contributed by atoms with E-state index in [1.54, 1.807) is 0 Å². The van der Waals surface area contributed by atoms with Crippen LogP contribution in [0, 0.1) is 11.8 Å². The molecule has 178 valence electrons. The largest absolute Gasteiger partial charge is 0.378 e. The molecule has 33 heavy (non-hydrogen) atoms. The number of piperidine rings is 2. The summed E-state index contributed by atoms with van der Waals surface area (Å²) < 4.78 is 2.08. The number of halogens is 3. The van der Waals surface area contributed by atoms with Gasteiger partial charge < -0.3 is 10.4 Å². The highest BCUT2D eigenvalue weighted by Crippen LogP contribution is 2.45. The number of nitrogens with one attached hydrogen (secondary N) is 1. The zero-order valence-corrected chi connectivity index (χ0v) is 22.8. The Hall–Kier alpha value is -0.500. The Balaban J connectivity index is 1.37. The topological polar surface area (TPSA) is 48.4 Å². The Morgan fingerprint density at radius 1 is 1.12 bits per heavy atom. The van der Waals surface area contributed by atoms with E-state index in [0.717, 1.165) is 72.3 Å². The molecule has 0 amide bonds. The van der Waals surface area contributed by atoms with Gasteiger partial charge in [-0.1, -0.05) is 17.7 Å². The summed E-state index contributed by atoms with van der Waals surface area (Å²) in [5.74, 6) is 1.41. The maximum Gasteiger partial charge on any atom is 0.107 e. The van der Waals surface area contributed by atoms with Gasteiger partial charge in [-0.15, -0.1) is 0 Å². The van der Waals surface area contributed by atoms with E-state index < -0.39 is 0 Å². The average Bonchev–Trinajstić information content (AvgIpc) is 2.99. The van der Waals surface area contributed by atoms with Crippen LogP contribution >= 0.6 is 43.5 Å². The minimum Gasteiger partial charge on any atom is -0.378 e. The van der Waals surface area contributed by atoms with Gasteiger partial charge in [0.05, 0.1) is 10.7 Å². The minimum atomic E-state index is -0.315. The molecule has 1 aliphatic carbocycles. The van der Waals surface area contributed by atoms with Crippen LogP contribution in [-0.2, 0) is 12.8 Å². The number of aryl methyl sites for hydroxylation is 1. The van der Waals surface area contributed by atoms with Crippen molar-refractivity contribution in [2.75, 3.05) is 26.2 Å². The minimum absolute atomic E-state index is 0.267. The summed E-state index contributed by atoms with van der Waals surface area (Å²) in [5, 5.41) is 15.2. The molecule has 2 aromatic rings. The first-order valence-electron chi connectivity index (χ1n) is 12.2. The molecule has 1 aromatic heterocycles. The molecule has 3 aliphatic rings. The first-order valence-corrected chi connectivity index (χ1v) is 14.2. The van der Waals surface area contributed by atoms with Crippen LogP contribution in [0.5, 0.6) is 0 Å². The van der Waals surface area contributed by atoms with E-state index in [0.29, 0.717) is 11.8 Å². The standard InChI is InChI=1S/C26H32Br2ClN3O/c27-19-14-18-1-2-21-20(3-4-22(29)25(21)28)24(26(18)31-15-19)17-7-11-32(12-8-17)23(33)13-16-5-9-30-10-6-16/h3-4,14-17,23-24,30,33H,1-2,5-13H2/t23?,24-/m0/s1. The van der Waals surface area contributed by atoms with Crippen LogP contribution in [0.1, 0.15) is 60.4 Å². The summed E-state index contributed by atoms with van der Waals surface area (Å²) in [6, 6.07) is 6.50. The van der Waals surface area contributed by atoms with Crippen molar-refractivity contribution in [3.8, 4) is 0 Å². The predicted octanol–water partition coefficient (Wildman–Crippen LogP) is 5.91. The van der Waals surface area contributed by atoms with E-state index in [9.17, 15) is 5.11 Å². The lowest BCUT2D eigenvalue weighted by Gasteiger charge is -2.39. The van der Waals surface area contributed by atoms with Gasteiger partial charge in [0, 0.05) is 34.1 Å². The lowest BCUT2D eigenvalue weighted by Crippen LogP contribution is -2.44. The lowest BCUT2D eigenvalue weighted by atomic mass is 9.76. The monoisotopic (exact) mass is 595 g/mol. The van der Waals surface area contributed by atoms with Crippen molar-refractivity contribution < 1.29 is 5.11 Å². The van der Waals surface area contributed by atoms with Crippen LogP contribution < -0.4 is 5.32 Å². The molecule has 0 spiro atoms. The summed E-state index contributed by atoms with van der Waals surface area (Å²) in [6.45, 7) is 4.07. The van der Waals surface area contributed by atoms with E-state index in [1.807, 2.05) is 12.3 Å². The van der Waals surface area contributed by atoms with Crippen molar-refractivity contribution in [2.45, 2.75) is 57.1 Å². The predicted molar refractivity (Wildman–Crippen MR) is 141 cm³/mol. The van der Waals surface area contributed by atoms with Crippen molar-refractivity contribution in [2.24, 2.45) is 11.8 Å². The highest BCUT2D eigenvalue weighted by Gasteiger charge is 2.36. The molecule has 7 heteroatoms. The molecule has 5 rings (SSSR count). The van der Waals surface area contributed by atoms with E-state index in [2.05, 4.69) is 54.2 Å². The summed E-state index contributed by atoms with van der Waals surface area (Å²) in [6.07, 6.45) is 8.98. The molecule has 0 bridgehead atoms. The summed E-state index contributed by atoms with van der Waals surface area (Å²) >= 11 is 13.9. The van der Waals surface area contributed by atoms with Crippen LogP contribution in [0.2, 0.25) is 5.02 Å².